The quantitative estimate of drug-likeness (QED) is 0.811. The minimum Gasteiger partial charge on any atom is -0.378 e. The van der Waals surface area contributed by atoms with Crippen LogP contribution in [-0.2, 0) is 14.3 Å². The maximum absolute atomic E-state index is 13.0. The summed E-state index contributed by atoms with van der Waals surface area (Å²) in [5, 5.41) is 2.86. The van der Waals surface area contributed by atoms with Gasteiger partial charge < -0.3 is 19.9 Å². The van der Waals surface area contributed by atoms with Crippen LogP contribution in [0.15, 0.2) is 24.3 Å². The molecule has 0 saturated carbocycles. The van der Waals surface area contributed by atoms with Crippen molar-refractivity contribution < 1.29 is 19.1 Å². The van der Waals surface area contributed by atoms with Gasteiger partial charge in [-0.3, -0.25) is 14.4 Å². The highest BCUT2D eigenvalue weighted by Crippen LogP contribution is 2.28. The molecule has 7 heteroatoms. The SMILES string of the molecule is CCCC(NC(=O)c1ccc(N(C)C)cc1)C(=O)N1CCC2OCC(=O)C21. The molecule has 0 spiro atoms. The number of Topliss-reactive ketones (excluding diaryl/α,β-unsaturated/α-hetero) is 1. The molecule has 146 valence electrons. The highest BCUT2D eigenvalue weighted by atomic mass is 16.5. The topological polar surface area (TPSA) is 79.0 Å². The van der Waals surface area contributed by atoms with Gasteiger partial charge in [0.05, 0.1) is 6.10 Å². The van der Waals surface area contributed by atoms with E-state index in [4.69, 9.17) is 4.74 Å². The lowest BCUT2D eigenvalue weighted by Gasteiger charge is -2.27. The molecule has 3 atom stereocenters. The number of nitrogens with one attached hydrogen (secondary N) is 1. The van der Waals surface area contributed by atoms with Crippen LogP contribution in [0.1, 0.15) is 36.5 Å². The number of hydrogen-bond acceptors (Lipinski definition) is 5. The van der Waals surface area contributed by atoms with Crippen LogP contribution in [0.3, 0.4) is 0 Å². The van der Waals surface area contributed by atoms with Crippen molar-refractivity contribution in [3.05, 3.63) is 29.8 Å². The minimum atomic E-state index is -0.636. The monoisotopic (exact) mass is 373 g/mol. The fraction of sp³-hybridized carbons (Fsp3) is 0.550. The third-order valence-corrected chi connectivity index (χ3v) is 5.22. The first-order valence-electron chi connectivity index (χ1n) is 9.45. The highest BCUT2D eigenvalue weighted by molar-refractivity contribution is 5.99. The smallest absolute Gasteiger partial charge is 0.251 e. The molecular formula is C20H27N3O4. The van der Waals surface area contributed by atoms with E-state index in [1.165, 1.54) is 0 Å². The number of amides is 2. The maximum Gasteiger partial charge on any atom is 0.251 e. The summed E-state index contributed by atoms with van der Waals surface area (Å²) < 4.78 is 5.46. The molecule has 0 aliphatic carbocycles. The fourth-order valence-corrected chi connectivity index (χ4v) is 3.74. The standard InChI is InChI=1S/C20H27N3O4/c1-4-5-15(20(26)23-11-10-17-18(23)16(24)12-27-17)21-19(25)13-6-8-14(9-7-13)22(2)3/h6-9,15,17-18H,4-5,10-12H2,1-3H3,(H,21,25). The normalized spacial score (nSPS) is 22.5. The molecule has 3 rings (SSSR count). The zero-order valence-electron chi connectivity index (χ0n) is 16.1. The molecule has 2 fully saturated rings. The molecular weight excluding hydrogens is 346 g/mol. The van der Waals surface area contributed by atoms with Gasteiger partial charge in [0.25, 0.3) is 5.91 Å². The molecule has 0 bridgehead atoms. The molecule has 2 aliphatic heterocycles. The summed E-state index contributed by atoms with van der Waals surface area (Å²) in [5.41, 5.74) is 1.50. The zero-order chi connectivity index (χ0) is 19.6. The summed E-state index contributed by atoms with van der Waals surface area (Å²) in [6.07, 6.45) is 1.75. The Labute approximate surface area is 159 Å². The maximum atomic E-state index is 13.0. The van der Waals surface area contributed by atoms with Crippen molar-refractivity contribution >= 4 is 23.3 Å². The van der Waals surface area contributed by atoms with Crippen LogP contribution in [0, 0.1) is 0 Å². The Bertz CT molecular complexity index is 716. The number of fused-ring (bicyclic) bond motifs is 1. The van der Waals surface area contributed by atoms with E-state index in [2.05, 4.69) is 5.32 Å². The van der Waals surface area contributed by atoms with E-state index in [1.54, 1.807) is 17.0 Å². The first-order chi connectivity index (χ1) is 12.9. The molecule has 3 unspecified atom stereocenters. The Morgan fingerprint density at radius 2 is 2.00 bits per heavy atom. The zero-order valence-corrected chi connectivity index (χ0v) is 16.1. The molecule has 1 aromatic carbocycles. The van der Waals surface area contributed by atoms with Gasteiger partial charge in [-0.2, -0.15) is 0 Å². The van der Waals surface area contributed by atoms with Crippen molar-refractivity contribution in [3.63, 3.8) is 0 Å². The lowest BCUT2D eigenvalue weighted by atomic mass is 10.1. The van der Waals surface area contributed by atoms with E-state index in [1.807, 2.05) is 38.1 Å². The third kappa shape index (κ3) is 3.98. The number of rotatable bonds is 6. The molecule has 0 aromatic heterocycles. The molecule has 27 heavy (non-hydrogen) atoms. The van der Waals surface area contributed by atoms with E-state index < -0.39 is 12.1 Å². The number of ether oxygens (including phenoxy) is 1. The number of hydrogen-bond donors (Lipinski definition) is 1. The first kappa shape index (κ1) is 19.4. The summed E-state index contributed by atoms with van der Waals surface area (Å²) in [4.78, 5) is 41.3. The van der Waals surface area contributed by atoms with Crippen LogP contribution >= 0.6 is 0 Å². The summed E-state index contributed by atoms with van der Waals surface area (Å²) in [5.74, 6) is -0.523. The number of carbonyl (C=O) groups is 3. The molecule has 1 N–H and O–H groups in total. The second-order valence-corrected chi connectivity index (χ2v) is 7.34. The number of likely N-dealkylation sites (tertiary alicyclic amines) is 1. The van der Waals surface area contributed by atoms with Crippen LogP contribution < -0.4 is 10.2 Å². The van der Waals surface area contributed by atoms with Gasteiger partial charge in [-0.05, 0) is 37.1 Å². The largest absolute Gasteiger partial charge is 0.378 e. The second kappa shape index (κ2) is 8.08. The highest BCUT2D eigenvalue weighted by Gasteiger charge is 2.47. The Balaban J connectivity index is 1.70. The van der Waals surface area contributed by atoms with Gasteiger partial charge in [0, 0.05) is 31.9 Å². The molecule has 7 nitrogen and oxygen atoms in total. The van der Waals surface area contributed by atoms with Crippen LogP contribution in [0.2, 0.25) is 0 Å². The minimum absolute atomic E-state index is 0.0494. The molecule has 2 heterocycles. The molecule has 2 aliphatic rings. The summed E-state index contributed by atoms with van der Waals surface area (Å²) in [6, 6.07) is 6.10. The van der Waals surface area contributed by atoms with E-state index in [9.17, 15) is 14.4 Å². The lowest BCUT2D eigenvalue weighted by molar-refractivity contribution is -0.138. The van der Waals surface area contributed by atoms with Gasteiger partial charge in [-0.15, -0.1) is 0 Å². The van der Waals surface area contributed by atoms with Gasteiger partial charge >= 0.3 is 0 Å². The van der Waals surface area contributed by atoms with Crippen molar-refractivity contribution in [2.75, 3.05) is 32.1 Å². The number of nitrogens with zero attached hydrogens (tertiary/aromatic N) is 2. The predicted octanol–water partition coefficient (Wildman–Crippen LogP) is 1.22. The average molecular weight is 373 g/mol. The van der Waals surface area contributed by atoms with Crippen molar-refractivity contribution in [3.8, 4) is 0 Å². The summed E-state index contributed by atoms with van der Waals surface area (Å²) in [6.45, 7) is 2.53. The number of ketones is 1. The molecule has 2 amide bonds. The van der Waals surface area contributed by atoms with E-state index >= 15 is 0 Å². The third-order valence-electron chi connectivity index (χ3n) is 5.22. The van der Waals surface area contributed by atoms with E-state index in [-0.39, 0.29) is 30.3 Å². The Hall–Kier alpha value is -2.41. The van der Waals surface area contributed by atoms with Gasteiger partial charge in [0.1, 0.15) is 18.7 Å². The number of carbonyl (C=O) groups excluding carboxylic acids is 3. The molecule has 2 saturated heterocycles. The van der Waals surface area contributed by atoms with Crippen molar-refractivity contribution in [1.29, 1.82) is 0 Å². The second-order valence-electron chi connectivity index (χ2n) is 7.34. The molecule has 0 radical (unpaired) electrons. The van der Waals surface area contributed by atoms with Crippen LogP contribution in [-0.4, -0.2) is 67.9 Å². The van der Waals surface area contributed by atoms with Crippen LogP contribution in [0.5, 0.6) is 0 Å². The van der Waals surface area contributed by atoms with Crippen LogP contribution in [0.25, 0.3) is 0 Å². The average Bonchev–Trinajstić information content (AvgIpc) is 3.24. The lowest BCUT2D eigenvalue weighted by Crippen LogP contribution is -2.52. The van der Waals surface area contributed by atoms with Gasteiger partial charge in [-0.25, -0.2) is 0 Å². The Morgan fingerprint density at radius 1 is 1.30 bits per heavy atom. The molecule has 1 aromatic rings. The summed E-state index contributed by atoms with van der Waals surface area (Å²) >= 11 is 0. The van der Waals surface area contributed by atoms with Crippen molar-refractivity contribution in [2.45, 2.75) is 44.4 Å². The van der Waals surface area contributed by atoms with Gasteiger partial charge in [0.2, 0.25) is 5.91 Å². The first-order valence-corrected chi connectivity index (χ1v) is 9.45. The summed E-state index contributed by atoms with van der Waals surface area (Å²) in [7, 11) is 3.87. The van der Waals surface area contributed by atoms with Crippen LogP contribution in [0.4, 0.5) is 5.69 Å². The number of anilines is 1. The van der Waals surface area contributed by atoms with Gasteiger partial charge in [0.15, 0.2) is 5.78 Å². The predicted molar refractivity (Wildman–Crippen MR) is 102 cm³/mol. The number of benzene rings is 1. The Kier molecular flexibility index (Phi) is 5.79. The fourth-order valence-electron chi connectivity index (χ4n) is 3.74. The van der Waals surface area contributed by atoms with Crippen molar-refractivity contribution in [2.24, 2.45) is 0 Å². The van der Waals surface area contributed by atoms with E-state index in [0.29, 0.717) is 24.9 Å². The Morgan fingerprint density at radius 3 is 2.63 bits per heavy atom. The van der Waals surface area contributed by atoms with Gasteiger partial charge in [-0.1, -0.05) is 13.3 Å². The van der Waals surface area contributed by atoms with E-state index in [0.717, 1.165) is 12.1 Å². The van der Waals surface area contributed by atoms with Crippen molar-refractivity contribution in [1.82, 2.24) is 10.2 Å².